The van der Waals surface area contributed by atoms with Gasteiger partial charge in [-0.25, -0.2) is 9.78 Å². The summed E-state index contributed by atoms with van der Waals surface area (Å²) in [7, 11) is 0. The second kappa shape index (κ2) is 10.9. The van der Waals surface area contributed by atoms with Gasteiger partial charge in [-0.2, -0.15) is 10.2 Å². The fourth-order valence-corrected chi connectivity index (χ4v) is 3.98. The lowest BCUT2D eigenvalue weighted by Crippen LogP contribution is -2.51. The van der Waals surface area contributed by atoms with Gasteiger partial charge in [0.25, 0.3) is 5.56 Å². The van der Waals surface area contributed by atoms with Crippen LogP contribution in [0.1, 0.15) is 32.9 Å². The summed E-state index contributed by atoms with van der Waals surface area (Å²) >= 11 is 0. The summed E-state index contributed by atoms with van der Waals surface area (Å²) in [4.78, 5) is 34.2. The van der Waals surface area contributed by atoms with E-state index in [1.165, 1.54) is 0 Å². The topological polar surface area (TPSA) is 114 Å². The number of anilines is 1. The highest BCUT2D eigenvalue weighted by molar-refractivity contribution is 5.68. The molecule has 4 rings (SSSR count). The summed E-state index contributed by atoms with van der Waals surface area (Å²) in [6.45, 7) is 7.36. The molecule has 1 amide bonds. The number of ether oxygens (including phenoxy) is 1. The Labute approximate surface area is 210 Å². The van der Waals surface area contributed by atoms with Crippen LogP contribution in [0.4, 0.5) is 10.6 Å². The van der Waals surface area contributed by atoms with E-state index in [2.05, 4.69) is 15.2 Å². The van der Waals surface area contributed by atoms with E-state index in [0.29, 0.717) is 56.2 Å². The van der Waals surface area contributed by atoms with Gasteiger partial charge in [0, 0.05) is 56.4 Å². The lowest BCUT2D eigenvalue weighted by Gasteiger charge is -2.36. The molecule has 36 heavy (non-hydrogen) atoms. The Hall–Kier alpha value is -3.79. The van der Waals surface area contributed by atoms with E-state index in [-0.39, 0.29) is 18.3 Å². The third-order valence-corrected chi connectivity index (χ3v) is 5.77. The Bertz CT molecular complexity index is 1230. The Kier molecular flexibility index (Phi) is 7.64. The van der Waals surface area contributed by atoms with E-state index in [9.17, 15) is 14.7 Å². The fourth-order valence-electron chi connectivity index (χ4n) is 3.98. The smallest absolute Gasteiger partial charge is 0.410 e. The lowest BCUT2D eigenvalue weighted by atomic mass is 10.1. The van der Waals surface area contributed by atoms with Crippen molar-refractivity contribution in [3.63, 3.8) is 0 Å². The highest BCUT2D eigenvalue weighted by atomic mass is 16.6. The van der Waals surface area contributed by atoms with Gasteiger partial charge >= 0.3 is 6.09 Å². The minimum absolute atomic E-state index is 0.0392. The molecular formula is C26H32N6O4. The van der Waals surface area contributed by atoms with E-state index in [1.807, 2.05) is 62.1 Å². The van der Waals surface area contributed by atoms with E-state index in [0.717, 1.165) is 11.3 Å². The number of piperazine rings is 1. The number of carbonyl (C=O) groups is 1. The van der Waals surface area contributed by atoms with Crippen molar-refractivity contribution >= 4 is 11.9 Å². The summed E-state index contributed by atoms with van der Waals surface area (Å²) in [5.74, 6) is 0.340. The van der Waals surface area contributed by atoms with Gasteiger partial charge in [-0.3, -0.25) is 9.36 Å². The first-order valence-electron chi connectivity index (χ1n) is 12.1. The second-order valence-corrected chi connectivity index (χ2v) is 9.67. The Morgan fingerprint density at radius 1 is 1.08 bits per heavy atom. The van der Waals surface area contributed by atoms with Crippen LogP contribution in [0, 0.1) is 0 Å². The first-order chi connectivity index (χ1) is 17.2. The largest absolute Gasteiger partial charge is 0.444 e. The number of hydrogen-bond donors (Lipinski definition) is 1. The molecule has 3 aromatic rings. The van der Waals surface area contributed by atoms with Gasteiger partial charge in [-0.05, 0) is 57.9 Å². The predicted octanol–water partition coefficient (Wildman–Crippen LogP) is 2.67. The average molecular weight is 493 g/mol. The maximum Gasteiger partial charge on any atom is 0.410 e. The molecular weight excluding hydrogens is 460 g/mol. The van der Waals surface area contributed by atoms with Crippen LogP contribution in [0.2, 0.25) is 0 Å². The molecule has 0 atom stereocenters. The molecule has 1 N–H and O–H groups in total. The zero-order valence-electron chi connectivity index (χ0n) is 20.9. The van der Waals surface area contributed by atoms with Crippen LogP contribution >= 0.6 is 0 Å². The number of amides is 1. The van der Waals surface area contributed by atoms with Crippen molar-refractivity contribution in [2.24, 2.45) is 0 Å². The molecule has 190 valence electrons. The average Bonchev–Trinajstić information content (AvgIpc) is 2.88. The molecule has 2 aromatic heterocycles. The maximum atomic E-state index is 13.5. The van der Waals surface area contributed by atoms with Crippen LogP contribution in [-0.4, -0.2) is 74.2 Å². The number of nitrogens with zero attached hydrogens (tertiary/aromatic N) is 6. The molecule has 0 saturated carbocycles. The molecule has 0 spiro atoms. The quantitative estimate of drug-likeness (QED) is 0.559. The Balaban J connectivity index is 1.59. The van der Waals surface area contributed by atoms with Gasteiger partial charge in [0.05, 0.1) is 11.4 Å². The molecule has 1 saturated heterocycles. The van der Waals surface area contributed by atoms with E-state index >= 15 is 0 Å². The Morgan fingerprint density at radius 3 is 2.42 bits per heavy atom. The minimum Gasteiger partial charge on any atom is -0.444 e. The maximum absolute atomic E-state index is 13.5. The van der Waals surface area contributed by atoms with Crippen LogP contribution in [0.15, 0.2) is 53.6 Å². The molecule has 0 bridgehead atoms. The highest BCUT2D eigenvalue weighted by Crippen LogP contribution is 2.20. The first-order valence-corrected chi connectivity index (χ1v) is 12.1. The predicted molar refractivity (Wildman–Crippen MR) is 136 cm³/mol. The molecule has 1 fully saturated rings. The molecule has 0 unspecified atom stereocenters. The number of aliphatic hydroxyl groups excluding tert-OH is 1. The number of aryl methyl sites for hydroxylation is 1. The van der Waals surface area contributed by atoms with Gasteiger partial charge in [0.1, 0.15) is 5.60 Å². The third-order valence-electron chi connectivity index (χ3n) is 5.77. The summed E-state index contributed by atoms with van der Waals surface area (Å²) in [6.07, 6.45) is 4.09. The molecule has 10 heteroatoms. The molecule has 3 heterocycles. The highest BCUT2D eigenvalue weighted by Gasteiger charge is 2.28. The molecule has 10 nitrogen and oxygen atoms in total. The Morgan fingerprint density at radius 2 is 1.81 bits per heavy atom. The SMILES string of the molecule is CC(C)(C)OC(=O)N1CCN(c2nc(CCCO)cn(-c3ccc(-c4cccnn4)cc3)c2=O)CC1. The lowest BCUT2D eigenvalue weighted by molar-refractivity contribution is 0.0240. The number of carbonyl (C=O) groups excluding carboxylic acids is 1. The molecule has 1 aliphatic heterocycles. The normalized spacial score (nSPS) is 14.1. The number of rotatable bonds is 6. The van der Waals surface area contributed by atoms with Crippen LogP contribution < -0.4 is 10.5 Å². The first kappa shape index (κ1) is 25.3. The third kappa shape index (κ3) is 6.06. The van der Waals surface area contributed by atoms with Crippen molar-refractivity contribution in [2.75, 3.05) is 37.7 Å². The summed E-state index contributed by atoms with van der Waals surface area (Å²) in [5.41, 5.74) is 2.26. The zero-order chi connectivity index (χ0) is 25.7. The molecule has 0 aliphatic carbocycles. The number of hydrogen-bond acceptors (Lipinski definition) is 8. The van der Waals surface area contributed by atoms with E-state index in [1.54, 1.807) is 21.9 Å². The van der Waals surface area contributed by atoms with Crippen molar-refractivity contribution in [3.05, 3.63) is 64.8 Å². The van der Waals surface area contributed by atoms with Crippen LogP contribution in [0.25, 0.3) is 16.9 Å². The van der Waals surface area contributed by atoms with Gasteiger partial charge in [-0.15, -0.1) is 0 Å². The van der Waals surface area contributed by atoms with Gasteiger partial charge in [-0.1, -0.05) is 12.1 Å². The molecule has 1 aliphatic rings. The van der Waals surface area contributed by atoms with Gasteiger partial charge in [0.15, 0.2) is 5.82 Å². The number of benzene rings is 1. The molecule has 0 radical (unpaired) electrons. The summed E-state index contributed by atoms with van der Waals surface area (Å²) in [6, 6.07) is 11.2. The van der Waals surface area contributed by atoms with Crippen molar-refractivity contribution in [1.29, 1.82) is 0 Å². The van der Waals surface area contributed by atoms with E-state index < -0.39 is 5.60 Å². The standard InChI is InChI=1S/C26H32N6O4/c1-26(2,3)36-25(35)31-15-13-30(14-16-31)23-24(34)32(18-20(28-23)6-5-17-33)21-10-8-19(9-11-21)22-7-4-12-27-29-22/h4,7-12,18,33H,5-6,13-17H2,1-3H3. The summed E-state index contributed by atoms with van der Waals surface area (Å²) in [5, 5.41) is 17.4. The van der Waals surface area contributed by atoms with Crippen molar-refractivity contribution in [2.45, 2.75) is 39.2 Å². The van der Waals surface area contributed by atoms with Crippen LogP contribution in [-0.2, 0) is 11.2 Å². The van der Waals surface area contributed by atoms with Crippen molar-refractivity contribution < 1.29 is 14.6 Å². The summed E-state index contributed by atoms with van der Waals surface area (Å²) < 4.78 is 7.07. The molecule has 1 aromatic carbocycles. The number of aromatic nitrogens is 4. The van der Waals surface area contributed by atoms with Crippen LogP contribution in [0.5, 0.6) is 0 Å². The number of aliphatic hydroxyl groups is 1. The fraction of sp³-hybridized carbons (Fsp3) is 0.423. The van der Waals surface area contributed by atoms with E-state index in [4.69, 9.17) is 4.74 Å². The monoisotopic (exact) mass is 492 g/mol. The van der Waals surface area contributed by atoms with Gasteiger partial charge < -0.3 is 19.6 Å². The second-order valence-electron chi connectivity index (χ2n) is 9.67. The minimum atomic E-state index is -0.562. The van der Waals surface area contributed by atoms with Crippen LogP contribution in [0.3, 0.4) is 0 Å². The van der Waals surface area contributed by atoms with Crippen molar-refractivity contribution in [1.82, 2.24) is 24.6 Å². The van der Waals surface area contributed by atoms with Crippen molar-refractivity contribution in [3.8, 4) is 16.9 Å². The zero-order valence-corrected chi connectivity index (χ0v) is 20.9. The van der Waals surface area contributed by atoms with Gasteiger partial charge in [0.2, 0.25) is 0 Å².